The zero-order valence-corrected chi connectivity index (χ0v) is 10.3. The third kappa shape index (κ3) is 1.93. The Morgan fingerprint density at radius 3 is 2.85 bits per heavy atom. The Kier molecular flexibility index (Phi) is 2.74. The van der Waals surface area contributed by atoms with Gasteiger partial charge < -0.3 is 5.11 Å². The Morgan fingerprint density at radius 2 is 2.15 bits per heavy atom. The monoisotopic (exact) mass is 273 g/mol. The number of nitrogens with zero attached hydrogens (tertiary/aromatic N) is 1. The van der Waals surface area contributed by atoms with Crippen LogP contribution in [0.3, 0.4) is 0 Å². The first-order valence-corrected chi connectivity index (χ1v) is 6.10. The van der Waals surface area contributed by atoms with Crippen LogP contribution in [0.4, 0.5) is 0 Å². The van der Waals surface area contributed by atoms with E-state index in [4.69, 9.17) is 5.11 Å². The Morgan fingerprint density at radius 1 is 1.35 bits per heavy atom. The number of rotatable bonds is 2. The zero-order chi connectivity index (χ0) is 14.3. The molecule has 1 atom stereocenters. The second-order valence-corrected chi connectivity index (χ2v) is 4.71. The van der Waals surface area contributed by atoms with E-state index < -0.39 is 17.8 Å². The molecular weight excluding hydrogens is 262 g/mol. The number of nitrogens with one attached hydrogen (secondary N) is 2. The van der Waals surface area contributed by atoms with Gasteiger partial charge in [-0.3, -0.25) is 20.0 Å². The van der Waals surface area contributed by atoms with E-state index in [-0.39, 0.29) is 17.9 Å². The number of hydrogen-bond donors (Lipinski definition) is 3. The number of imide groups is 1. The number of aromatic nitrogens is 2. The molecule has 1 aliphatic heterocycles. The van der Waals surface area contributed by atoms with Gasteiger partial charge in [0.15, 0.2) is 0 Å². The summed E-state index contributed by atoms with van der Waals surface area (Å²) in [4.78, 5) is 34.3. The Hall–Kier alpha value is -2.70. The quantitative estimate of drug-likeness (QED) is 0.700. The van der Waals surface area contributed by atoms with Crippen molar-refractivity contribution in [3.8, 4) is 0 Å². The highest BCUT2D eigenvalue weighted by atomic mass is 16.4. The van der Waals surface area contributed by atoms with E-state index in [1.807, 2.05) is 0 Å². The third-order valence-corrected chi connectivity index (χ3v) is 3.44. The van der Waals surface area contributed by atoms with Crippen molar-refractivity contribution in [3.05, 3.63) is 29.5 Å². The first kappa shape index (κ1) is 12.3. The maximum absolute atomic E-state index is 11.9. The molecule has 2 heterocycles. The van der Waals surface area contributed by atoms with Crippen molar-refractivity contribution >= 4 is 28.7 Å². The fourth-order valence-electron chi connectivity index (χ4n) is 2.47. The van der Waals surface area contributed by atoms with Crippen LogP contribution in [0.1, 0.15) is 34.7 Å². The molecule has 7 heteroatoms. The van der Waals surface area contributed by atoms with E-state index >= 15 is 0 Å². The van der Waals surface area contributed by atoms with Crippen LogP contribution in [0.25, 0.3) is 10.9 Å². The summed E-state index contributed by atoms with van der Waals surface area (Å²) in [6, 6.07) is 2.96. The van der Waals surface area contributed by atoms with Crippen LogP contribution in [-0.4, -0.2) is 33.1 Å². The Bertz CT molecular complexity index is 734. The summed E-state index contributed by atoms with van der Waals surface area (Å²) in [6.07, 6.45) is 2.11. The number of aromatic amines is 1. The van der Waals surface area contributed by atoms with Gasteiger partial charge in [-0.1, -0.05) is 0 Å². The lowest BCUT2D eigenvalue weighted by Crippen LogP contribution is -2.39. The minimum Gasteiger partial charge on any atom is -0.478 e. The van der Waals surface area contributed by atoms with Crippen LogP contribution in [0.5, 0.6) is 0 Å². The number of carboxylic acids is 1. The van der Waals surface area contributed by atoms with Crippen molar-refractivity contribution in [2.24, 2.45) is 0 Å². The molecule has 0 radical (unpaired) electrons. The van der Waals surface area contributed by atoms with Crippen molar-refractivity contribution < 1.29 is 19.5 Å². The smallest absolute Gasteiger partial charge is 0.335 e. The number of amides is 2. The van der Waals surface area contributed by atoms with Crippen LogP contribution < -0.4 is 5.32 Å². The molecule has 1 aromatic carbocycles. The minimum absolute atomic E-state index is 0.0959. The molecule has 1 fully saturated rings. The molecule has 1 saturated heterocycles. The van der Waals surface area contributed by atoms with Gasteiger partial charge in [-0.05, 0) is 24.1 Å². The highest BCUT2D eigenvalue weighted by molar-refractivity contribution is 6.03. The maximum atomic E-state index is 11.9. The third-order valence-electron chi connectivity index (χ3n) is 3.44. The van der Waals surface area contributed by atoms with Crippen molar-refractivity contribution in [2.45, 2.75) is 18.8 Å². The van der Waals surface area contributed by atoms with E-state index in [1.54, 1.807) is 0 Å². The maximum Gasteiger partial charge on any atom is 0.335 e. The summed E-state index contributed by atoms with van der Waals surface area (Å²) in [5.74, 6) is -2.32. The molecule has 3 N–H and O–H groups in total. The largest absolute Gasteiger partial charge is 0.478 e. The van der Waals surface area contributed by atoms with Crippen LogP contribution in [-0.2, 0) is 9.59 Å². The predicted octanol–water partition coefficient (Wildman–Crippen LogP) is 0.781. The fourth-order valence-corrected chi connectivity index (χ4v) is 2.47. The molecule has 3 rings (SSSR count). The number of piperidine rings is 1. The van der Waals surface area contributed by atoms with Gasteiger partial charge >= 0.3 is 5.97 Å². The molecule has 0 bridgehead atoms. The number of carboxylic acid groups (broad SMARTS) is 1. The summed E-state index contributed by atoms with van der Waals surface area (Å²) in [7, 11) is 0. The molecule has 1 aliphatic rings. The predicted molar refractivity (Wildman–Crippen MR) is 68.2 cm³/mol. The van der Waals surface area contributed by atoms with E-state index in [0.29, 0.717) is 22.9 Å². The molecular formula is C13H11N3O4. The number of carbonyl (C=O) groups excluding carboxylic acids is 2. The van der Waals surface area contributed by atoms with Gasteiger partial charge in [-0.2, -0.15) is 5.10 Å². The Labute approximate surface area is 113 Å². The lowest BCUT2D eigenvalue weighted by Gasteiger charge is -2.21. The van der Waals surface area contributed by atoms with E-state index in [1.165, 1.54) is 18.3 Å². The van der Waals surface area contributed by atoms with Gasteiger partial charge in [0.2, 0.25) is 11.8 Å². The molecule has 1 unspecified atom stereocenters. The van der Waals surface area contributed by atoms with Crippen molar-refractivity contribution in [3.63, 3.8) is 0 Å². The van der Waals surface area contributed by atoms with E-state index in [9.17, 15) is 14.4 Å². The van der Waals surface area contributed by atoms with Gasteiger partial charge in [0.1, 0.15) is 0 Å². The molecule has 0 saturated carbocycles. The van der Waals surface area contributed by atoms with E-state index in [2.05, 4.69) is 15.5 Å². The first-order chi connectivity index (χ1) is 9.56. The lowest BCUT2D eigenvalue weighted by molar-refractivity contribution is -0.134. The van der Waals surface area contributed by atoms with Crippen LogP contribution in [0.2, 0.25) is 0 Å². The Balaban J connectivity index is 2.14. The summed E-state index contributed by atoms with van der Waals surface area (Å²) < 4.78 is 0. The number of benzene rings is 1. The molecule has 20 heavy (non-hydrogen) atoms. The normalized spacial score (nSPS) is 19.1. The summed E-state index contributed by atoms with van der Waals surface area (Å²) in [5, 5.41) is 18.7. The fraction of sp³-hybridized carbons (Fsp3) is 0.231. The second kappa shape index (κ2) is 4.44. The summed E-state index contributed by atoms with van der Waals surface area (Å²) in [6.45, 7) is 0. The lowest BCUT2D eigenvalue weighted by atomic mass is 9.88. The number of aromatic carboxylic acids is 1. The van der Waals surface area contributed by atoms with Crippen molar-refractivity contribution in [1.29, 1.82) is 0 Å². The number of carbonyl (C=O) groups is 3. The topological polar surface area (TPSA) is 112 Å². The van der Waals surface area contributed by atoms with Crippen LogP contribution in [0, 0.1) is 0 Å². The highest BCUT2D eigenvalue weighted by Gasteiger charge is 2.30. The van der Waals surface area contributed by atoms with E-state index in [0.717, 1.165) is 0 Å². The molecule has 102 valence electrons. The van der Waals surface area contributed by atoms with Gasteiger partial charge in [0, 0.05) is 11.8 Å². The van der Waals surface area contributed by atoms with Gasteiger partial charge in [0.25, 0.3) is 0 Å². The average Bonchev–Trinajstić information content (AvgIpc) is 2.86. The summed E-state index contributed by atoms with van der Waals surface area (Å²) in [5.41, 5.74) is 1.28. The number of H-pyrrole nitrogens is 1. The minimum atomic E-state index is -1.07. The standard InChI is InChI=1S/C13H11N3O4/c17-10-2-1-8(12(18)15-10)9-4-6(13(19)20)3-7-5-14-16-11(7)9/h3-5,8H,1-2H2,(H,14,16)(H,19,20)(H,15,17,18). The molecule has 0 spiro atoms. The first-order valence-electron chi connectivity index (χ1n) is 6.10. The highest BCUT2D eigenvalue weighted by Crippen LogP contribution is 2.31. The molecule has 0 aliphatic carbocycles. The summed E-state index contributed by atoms with van der Waals surface area (Å²) >= 11 is 0. The number of fused-ring (bicyclic) bond motifs is 1. The van der Waals surface area contributed by atoms with Gasteiger partial charge in [-0.15, -0.1) is 0 Å². The second-order valence-electron chi connectivity index (χ2n) is 4.71. The van der Waals surface area contributed by atoms with Crippen LogP contribution >= 0.6 is 0 Å². The van der Waals surface area contributed by atoms with Crippen molar-refractivity contribution in [1.82, 2.24) is 15.5 Å². The molecule has 2 aromatic rings. The molecule has 1 aromatic heterocycles. The SMILES string of the molecule is O=C1CCC(c2cc(C(=O)O)cc3cn[nH]c23)C(=O)N1. The average molecular weight is 273 g/mol. The number of hydrogen-bond acceptors (Lipinski definition) is 4. The van der Waals surface area contributed by atoms with Crippen molar-refractivity contribution in [2.75, 3.05) is 0 Å². The van der Waals surface area contributed by atoms with Crippen LogP contribution in [0.15, 0.2) is 18.3 Å². The zero-order valence-electron chi connectivity index (χ0n) is 10.3. The van der Waals surface area contributed by atoms with Gasteiger partial charge in [0.05, 0.1) is 23.2 Å². The molecule has 7 nitrogen and oxygen atoms in total. The molecule has 2 amide bonds. The van der Waals surface area contributed by atoms with Gasteiger partial charge in [-0.25, -0.2) is 4.79 Å².